The van der Waals surface area contributed by atoms with Gasteiger partial charge in [-0.05, 0) is 24.3 Å². The Bertz CT molecular complexity index is 333. The van der Waals surface area contributed by atoms with Gasteiger partial charge in [0, 0.05) is 6.61 Å². The average molecular weight is 234 g/mol. The smallest absolute Gasteiger partial charge is 0.0775 e. The van der Waals surface area contributed by atoms with E-state index >= 15 is 0 Å². The van der Waals surface area contributed by atoms with Crippen molar-refractivity contribution in [2.24, 2.45) is 5.92 Å². The normalized spacial score (nSPS) is 16.4. The molecule has 1 aromatic carbocycles. The lowest BCUT2D eigenvalue weighted by Crippen LogP contribution is -2.37. The maximum Gasteiger partial charge on any atom is 0.0775 e. The van der Waals surface area contributed by atoms with E-state index in [0.717, 1.165) is 19.1 Å². The van der Waals surface area contributed by atoms with Crippen LogP contribution in [0.25, 0.3) is 0 Å². The lowest BCUT2D eigenvalue weighted by molar-refractivity contribution is 0.111. The zero-order valence-corrected chi connectivity index (χ0v) is 11.6. The van der Waals surface area contributed by atoms with Crippen molar-refractivity contribution in [2.75, 3.05) is 6.61 Å². The molecular formula is C14H22OSi. The highest BCUT2D eigenvalue weighted by Gasteiger charge is 2.21. The van der Waals surface area contributed by atoms with Gasteiger partial charge in [0.2, 0.25) is 0 Å². The summed E-state index contributed by atoms with van der Waals surface area (Å²) < 4.78 is 5.68. The lowest BCUT2D eigenvalue weighted by atomic mass is 10.2. The van der Waals surface area contributed by atoms with Crippen LogP contribution in [-0.4, -0.2) is 14.7 Å². The third-order valence-corrected chi connectivity index (χ3v) is 5.20. The topological polar surface area (TPSA) is 9.23 Å². The van der Waals surface area contributed by atoms with Gasteiger partial charge in [-0.2, -0.15) is 0 Å². The molecule has 0 aromatic heterocycles. The molecule has 0 radical (unpaired) electrons. The van der Waals surface area contributed by atoms with Gasteiger partial charge in [0.05, 0.1) is 14.7 Å². The predicted octanol–water partition coefficient (Wildman–Crippen LogP) is 3.16. The molecule has 0 atom stereocenters. The Hall–Kier alpha value is -0.603. The number of rotatable bonds is 5. The van der Waals surface area contributed by atoms with Gasteiger partial charge >= 0.3 is 0 Å². The molecule has 1 aromatic rings. The SMILES string of the molecule is C[Si](C)(C)c1ccc(COCC2CC2)cc1. The number of hydrogen-bond acceptors (Lipinski definition) is 1. The molecular weight excluding hydrogens is 212 g/mol. The maximum atomic E-state index is 5.68. The monoisotopic (exact) mass is 234 g/mol. The van der Waals surface area contributed by atoms with E-state index in [1.54, 1.807) is 0 Å². The molecule has 1 nitrogen and oxygen atoms in total. The zero-order chi connectivity index (χ0) is 11.6. The largest absolute Gasteiger partial charge is 0.376 e. The molecule has 0 N–H and O–H groups in total. The molecule has 0 bridgehead atoms. The first-order valence-corrected chi connectivity index (χ1v) is 9.73. The third kappa shape index (κ3) is 3.46. The molecule has 0 unspecified atom stereocenters. The molecule has 16 heavy (non-hydrogen) atoms. The highest BCUT2D eigenvalue weighted by Crippen LogP contribution is 2.29. The maximum absolute atomic E-state index is 5.68. The highest BCUT2D eigenvalue weighted by molar-refractivity contribution is 6.88. The van der Waals surface area contributed by atoms with Gasteiger partial charge in [0.25, 0.3) is 0 Å². The predicted molar refractivity (Wildman–Crippen MR) is 71.8 cm³/mol. The van der Waals surface area contributed by atoms with E-state index in [9.17, 15) is 0 Å². The molecule has 1 fully saturated rings. The van der Waals surface area contributed by atoms with E-state index in [2.05, 4.69) is 43.9 Å². The fourth-order valence-electron chi connectivity index (χ4n) is 1.73. The quantitative estimate of drug-likeness (QED) is 0.711. The standard InChI is InChI=1S/C14H22OSi/c1-16(2,3)14-8-6-13(7-9-14)11-15-10-12-4-5-12/h6-9,12H,4-5,10-11H2,1-3H3. The zero-order valence-electron chi connectivity index (χ0n) is 10.6. The molecule has 2 heteroatoms. The van der Waals surface area contributed by atoms with E-state index < -0.39 is 8.07 Å². The van der Waals surface area contributed by atoms with E-state index in [1.165, 1.54) is 23.6 Å². The van der Waals surface area contributed by atoms with Gasteiger partial charge in [-0.1, -0.05) is 49.1 Å². The lowest BCUT2D eigenvalue weighted by Gasteiger charge is -2.16. The minimum Gasteiger partial charge on any atom is -0.376 e. The first-order valence-electron chi connectivity index (χ1n) is 6.23. The number of hydrogen-bond donors (Lipinski definition) is 0. The first kappa shape index (κ1) is 11.9. The molecule has 1 saturated carbocycles. The van der Waals surface area contributed by atoms with Crippen LogP contribution in [0.5, 0.6) is 0 Å². The van der Waals surface area contributed by atoms with Crippen LogP contribution in [0.1, 0.15) is 18.4 Å². The summed E-state index contributed by atoms with van der Waals surface area (Å²) in [6.45, 7) is 8.88. The number of benzene rings is 1. The van der Waals surface area contributed by atoms with E-state index in [-0.39, 0.29) is 0 Å². The second kappa shape index (κ2) is 4.72. The van der Waals surface area contributed by atoms with Crippen molar-refractivity contribution in [3.8, 4) is 0 Å². The molecule has 1 aliphatic rings. The van der Waals surface area contributed by atoms with Gasteiger partial charge in [0.15, 0.2) is 0 Å². The molecule has 0 heterocycles. The number of ether oxygens (including phenoxy) is 1. The Balaban J connectivity index is 1.85. The summed E-state index contributed by atoms with van der Waals surface area (Å²) in [7, 11) is -1.14. The van der Waals surface area contributed by atoms with Crippen molar-refractivity contribution < 1.29 is 4.74 Å². The van der Waals surface area contributed by atoms with Crippen LogP contribution in [0, 0.1) is 5.92 Å². The minimum atomic E-state index is -1.14. The summed E-state index contributed by atoms with van der Waals surface area (Å²) >= 11 is 0. The summed E-state index contributed by atoms with van der Waals surface area (Å²) in [6.07, 6.45) is 2.74. The molecule has 88 valence electrons. The van der Waals surface area contributed by atoms with Gasteiger partial charge in [-0.25, -0.2) is 0 Å². The Morgan fingerprint density at radius 2 is 1.75 bits per heavy atom. The Labute approximate surface area is 99.8 Å². The molecule has 0 saturated heterocycles. The first-order chi connectivity index (χ1) is 7.55. The summed E-state index contributed by atoms with van der Waals surface area (Å²) in [5.74, 6) is 0.862. The Morgan fingerprint density at radius 1 is 1.12 bits per heavy atom. The second-order valence-electron chi connectivity index (χ2n) is 5.91. The van der Waals surface area contributed by atoms with Crippen molar-refractivity contribution >= 4 is 13.3 Å². The van der Waals surface area contributed by atoms with E-state index in [0.29, 0.717) is 0 Å². The molecule has 0 spiro atoms. The second-order valence-corrected chi connectivity index (χ2v) is 11.0. The molecule has 0 amide bonds. The van der Waals surface area contributed by atoms with Crippen LogP contribution in [0.3, 0.4) is 0 Å². The van der Waals surface area contributed by atoms with Gasteiger partial charge < -0.3 is 4.74 Å². The van der Waals surface area contributed by atoms with E-state index in [4.69, 9.17) is 4.74 Å². The average Bonchev–Trinajstić information content (AvgIpc) is 3.01. The van der Waals surface area contributed by atoms with Crippen LogP contribution in [0.4, 0.5) is 0 Å². The van der Waals surface area contributed by atoms with Crippen molar-refractivity contribution in [3.63, 3.8) is 0 Å². The summed E-state index contributed by atoms with van der Waals surface area (Å²) in [4.78, 5) is 0. The van der Waals surface area contributed by atoms with Crippen LogP contribution in [0.2, 0.25) is 19.6 Å². The molecule has 1 aliphatic carbocycles. The minimum absolute atomic E-state index is 0.780. The van der Waals surface area contributed by atoms with Crippen molar-refractivity contribution in [1.82, 2.24) is 0 Å². The van der Waals surface area contributed by atoms with Gasteiger partial charge in [-0.3, -0.25) is 0 Å². The van der Waals surface area contributed by atoms with Crippen LogP contribution >= 0.6 is 0 Å². The van der Waals surface area contributed by atoms with Gasteiger partial charge in [0.1, 0.15) is 0 Å². The fraction of sp³-hybridized carbons (Fsp3) is 0.571. The fourth-order valence-corrected chi connectivity index (χ4v) is 2.90. The highest BCUT2D eigenvalue weighted by atomic mass is 28.3. The Morgan fingerprint density at radius 3 is 2.25 bits per heavy atom. The van der Waals surface area contributed by atoms with Crippen molar-refractivity contribution in [2.45, 2.75) is 39.1 Å². The van der Waals surface area contributed by atoms with Crippen LogP contribution in [0.15, 0.2) is 24.3 Å². The summed E-state index contributed by atoms with van der Waals surface area (Å²) in [6, 6.07) is 9.01. The molecule has 0 aliphatic heterocycles. The van der Waals surface area contributed by atoms with Crippen LogP contribution in [-0.2, 0) is 11.3 Å². The third-order valence-electron chi connectivity index (χ3n) is 3.14. The molecule has 2 rings (SSSR count). The van der Waals surface area contributed by atoms with Crippen LogP contribution < -0.4 is 5.19 Å². The van der Waals surface area contributed by atoms with E-state index in [1.807, 2.05) is 0 Å². The van der Waals surface area contributed by atoms with Crippen molar-refractivity contribution in [3.05, 3.63) is 29.8 Å². The van der Waals surface area contributed by atoms with Crippen molar-refractivity contribution in [1.29, 1.82) is 0 Å². The summed E-state index contributed by atoms with van der Waals surface area (Å²) in [5, 5.41) is 1.53. The van der Waals surface area contributed by atoms with Gasteiger partial charge in [-0.15, -0.1) is 0 Å². The summed E-state index contributed by atoms with van der Waals surface area (Å²) in [5.41, 5.74) is 1.31. The Kier molecular flexibility index (Phi) is 3.50.